The van der Waals surface area contributed by atoms with Gasteiger partial charge in [-0.2, -0.15) is 0 Å². The summed E-state index contributed by atoms with van der Waals surface area (Å²) in [5.41, 5.74) is 0.224. The monoisotopic (exact) mass is 648 g/mol. The molecule has 0 amide bonds. The molecule has 4 saturated carbocycles. The van der Waals surface area contributed by atoms with Crippen molar-refractivity contribution in [1.29, 1.82) is 0 Å². The Morgan fingerprint density at radius 3 is 1.27 bits per heavy atom. The molecule has 4 fully saturated rings. The molecular formula is C38H32O10. The molecular weight excluding hydrogens is 616 g/mol. The first kappa shape index (κ1) is 31.0. The lowest BCUT2D eigenvalue weighted by Crippen LogP contribution is -2.56. The Hall–Kier alpha value is -5.64. The molecule has 0 heterocycles. The van der Waals surface area contributed by atoms with Gasteiger partial charge in [-0.25, -0.2) is 19.2 Å². The molecule has 4 aliphatic carbocycles. The summed E-state index contributed by atoms with van der Waals surface area (Å²) in [5, 5.41) is 38.2. The van der Waals surface area contributed by atoms with Crippen LogP contribution in [0.25, 0.3) is 0 Å². The van der Waals surface area contributed by atoms with Gasteiger partial charge in [0.15, 0.2) is 0 Å². The minimum atomic E-state index is -1.35. The highest BCUT2D eigenvalue weighted by molar-refractivity contribution is 6.02. The highest BCUT2D eigenvalue weighted by Crippen LogP contribution is 2.68. The molecule has 0 radical (unpaired) electrons. The number of ether oxygens (including phenoxy) is 2. The summed E-state index contributed by atoms with van der Waals surface area (Å²) in [7, 11) is 0. The van der Waals surface area contributed by atoms with E-state index in [0.717, 1.165) is 49.7 Å². The molecule has 0 aromatic heterocycles. The first-order valence-electron chi connectivity index (χ1n) is 15.7. The summed E-state index contributed by atoms with van der Waals surface area (Å²) in [4.78, 5) is 46.9. The quantitative estimate of drug-likeness (QED) is 0.133. The van der Waals surface area contributed by atoms with E-state index in [-0.39, 0.29) is 44.6 Å². The highest BCUT2D eigenvalue weighted by Gasteiger charge is 2.60. The normalized spacial score (nSPS) is 23.8. The second-order valence-electron chi connectivity index (χ2n) is 13.4. The molecule has 8 rings (SSSR count). The highest BCUT2D eigenvalue weighted by atomic mass is 16.5. The van der Waals surface area contributed by atoms with Gasteiger partial charge < -0.3 is 29.9 Å². The molecule has 4 aromatic carbocycles. The van der Waals surface area contributed by atoms with E-state index in [4.69, 9.17) is 9.47 Å². The van der Waals surface area contributed by atoms with Crippen LogP contribution in [0.5, 0.6) is 23.0 Å². The van der Waals surface area contributed by atoms with Crippen molar-refractivity contribution in [2.24, 2.45) is 11.8 Å². The van der Waals surface area contributed by atoms with Crippen LogP contribution < -0.4 is 9.47 Å². The number of carboxylic acid groups (broad SMARTS) is 4. The second-order valence-corrected chi connectivity index (χ2v) is 13.4. The first-order valence-corrected chi connectivity index (χ1v) is 15.7. The van der Waals surface area contributed by atoms with Gasteiger partial charge in [0.2, 0.25) is 0 Å². The number of benzene rings is 4. The second kappa shape index (κ2) is 11.6. The SMILES string of the molecule is O=C(O)c1ccc(Oc2ccccc2C23CC4CC(C2)CC(c2ccccc2Oc2ccc(C(=O)O)c(C(=O)O)c2)(C4)C3)cc1C(=O)O. The molecule has 4 N–H and O–H groups in total. The van der Waals surface area contributed by atoms with E-state index in [9.17, 15) is 39.6 Å². The summed E-state index contributed by atoms with van der Waals surface area (Å²) < 4.78 is 12.7. The van der Waals surface area contributed by atoms with Crippen molar-refractivity contribution in [3.8, 4) is 23.0 Å². The van der Waals surface area contributed by atoms with Gasteiger partial charge in [-0.05, 0) is 98.9 Å². The van der Waals surface area contributed by atoms with Gasteiger partial charge in [0.05, 0.1) is 22.3 Å². The van der Waals surface area contributed by atoms with Crippen molar-refractivity contribution >= 4 is 23.9 Å². The molecule has 0 aliphatic heterocycles. The third kappa shape index (κ3) is 5.33. The van der Waals surface area contributed by atoms with E-state index in [2.05, 4.69) is 12.1 Å². The molecule has 4 aromatic rings. The largest absolute Gasteiger partial charge is 0.478 e. The maximum absolute atomic E-state index is 11.8. The van der Waals surface area contributed by atoms with Crippen molar-refractivity contribution in [3.05, 3.63) is 118 Å². The van der Waals surface area contributed by atoms with Crippen molar-refractivity contribution in [1.82, 2.24) is 0 Å². The Labute approximate surface area is 275 Å². The summed E-state index contributed by atoms with van der Waals surface area (Å²) in [6.07, 6.45) is 5.78. The number of carboxylic acids is 4. The zero-order valence-corrected chi connectivity index (χ0v) is 25.7. The molecule has 10 nitrogen and oxygen atoms in total. The van der Waals surface area contributed by atoms with Crippen LogP contribution in [0.4, 0.5) is 0 Å². The fourth-order valence-electron chi connectivity index (χ4n) is 9.03. The van der Waals surface area contributed by atoms with Crippen molar-refractivity contribution in [2.75, 3.05) is 0 Å². The van der Waals surface area contributed by atoms with E-state index < -0.39 is 23.9 Å². The fourth-order valence-corrected chi connectivity index (χ4v) is 9.03. The predicted octanol–water partition coefficient (Wildman–Crippen LogP) is 7.85. The summed E-state index contributed by atoms with van der Waals surface area (Å²) >= 11 is 0. The lowest BCUT2D eigenvalue weighted by molar-refractivity contribution is -0.0294. The minimum Gasteiger partial charge on any atom is -0.478 e. The predicted molar refractivity (Wildman–Crippen MR) is 172 cm³/mol. The fraction of sp³-hybridized carbons (Fsp3) is 0.263. The molecule has 244 valence electrons. The number of hydrogen-bond donors (Lipinski definition) is 4. The molecule has 0 atom stereocenters. The topological polar surface area (TPSA) is 168 Å². The van der Waals surface area contributed by atoms with Crippen LogP contribution in [-0.2, 0) is 10.8 Å². The van der Waals surface area contributed by atoms with Gasteiger partial charge in [0.25, 0.3) is 0 Å². The molecule has 0 saturated heterocycles. The van der Waals surface area contributed by atoms with Gasteiger partial charge >= 0.3 is 23.9 Å². The van der Waals surface area contributed by atoms with Gasteiger partial charge in [0.1, 0.15) is 23.0 Å². The van der Waals surface area contributed by atoms with Gasteiger partial charge in [0, 0.05) is 22.0 Å². The minimum absolute atomic E-state index is 0.234. The lowest BCUT2D eigenvalue weighted by Gasteiger charge is -2.63. The Balaban J connectivity index is 1.25. The summed E-state index contributed by atoms with van der Waals surface area (Å²) in [5.74, 6) is -2.83. The molecule has 0 spiro atoms. The van der Waals surface area contributed by atoms with Crippen LogP contribution >= 0.6 is 0 Å². The Morgan fingerprint density at radius 1 is 0.521 bits per heavy atom. The Bertz CT molecular complexity index is 1840. The average molecular weight is 649 g/mol. The van der Waals surface area contributed by atoms with Crippen molar-refractivity contribution < 1.29 is 49.1 Å². The van der Waals surface area contributed by atoms with Crippen LogP contribution in [0.3, 0.4) is 0 Å². The van der Waals surface area contributed by atoms with Crippen molar-refractivity contribution in [2.45, 2.75) is 49.4 Å². The first-order chi connectivity index (χ1) is 23.0. The lowest BCUT2D eigenvalue weighted by atomic mass is 9.41. The zero-order chi connectivity index (χ0) is 33.8. The van der Waals surface area contributed by atoms with E-state index in [0.29, 0.717) is 23.3 Å². The Morgan fingerprint density at radius 2 is 0.896 bits per heavy atom. The summed E-state index contributed by atoms with van der Waals surface area (Å²) in [6, 6.07) is 23.5. The van der Waals surface area contributed by atoms with E-state index in [1.165, 1.54) is 36.4 Å². The van der Waals surface area contributed by atoms with Crippen LogP contribution in [0.1, 0.15) is 91.1 Å². The zero-order valence-electron chi connectivity index (χ0n) is 25.7. The number of para-hydroxylation sites is 2. The standard InChI is InChI=1S/C38H32O10/c39-33(40)25-11-9-23(14-27(25)35(43)44)47-31-7-3-1-5-29(31)37-16-21-13-22(17-37)19-38(18-21,20-37)30-6-2-4-8-32(30)48-24-10-12-26(34(41)42)28(15-24)36(45)46/h1-12,14-15,21-22H,13,16-20H2,(H,39,40)(H,41,42)(H,43,44)(H,45,46). The van der Waals surface area contributed by atoms with Crippen LogP contribution in [-0.4, -0.2) is 44.3 Å². The van der Waals surface area contributed by atoms with E-state index >= 15 is 0 Å². The van der Waals surface area contributed by atoms with E-state index in [1.807, 2.05) is 36.4 Å². The molecule has 4 bridgehead atoms. The number of hydrogen-bond acceptors (Lipinski definition) is 6. The molecule has 48 heavy (non-hydrogen) atoms. The van der Waals surface area contributed by atoms with Gasteiger partial charge in [-0.15, -0.1) is 0 Å². The molecule has 10 heteroatoms. The molecule has 0 unspecified atom stereocenters. The van der Waals surface area contributed by atoms with Crippen LogP contribution in [0, 0.1) is 11.8 Å². The van der Waals surface area contributed by atoms with Crippen LogP contribution in [0.2, 0.25) is 0 Å². The van der Waals surface area contributed by atoms with E-state index in [1.54, 1.807) is 0 Å². The average Bonchev–Trinajstić information content (AvgIpc) is 3.04. The van der Waals surface area contributed by atoms with Gasteiger partial charge in [-0.1, -0.05) is 36.4 Å². The summed E-state index contributed by atoms with van der Waals surface area (Å²) in [6.45, 7) is 0. The smallest absolute Gasteiger partial charge is 0.336 e. The van der Waals surface area contributed by atoms with Crippen molar-refractivity contribution in [3.63, 3.8) is 0 Å². The number of aromatic carboxylic acids is 4. The molecule has 4 aliphatic rings. The van der Waals surface area contributed by atoms with Crippen LogP contribution in [0.15, 0.2) is 84.9 Å². The maximum Gasteiger partial charge on any atom is 0.336 e. The maximum atomic E-state index is 11.8. The third-order valence-corrected chi connectivity index (χ3v) is 10.3. The number of carbonyl (C=O) groups is 4. The third-order valence-electron chi connectivity index (χ3n) is 10.3. The Kier molecular flexibility index (Phi) is 7.46. The number of rotatable bonds is 10. The van der Waals surface area contributed by atoms with Gasteiger partial charge in [-0.3, -0.25) is 0 Å².